The van der Waals surface area contributed by atoms with Gasteiger partial charge in [0.2, 0.25) is 0 Å². The monoisotopic (exact) mass is 538 g/mol. The van der Waals surface area contributed by atoms with Gasteiger partial charge in [0.05, 0.1) is 38.1 Å². The van der Waals surface area contributed by atoms with E-state index in [2.05, 4.69) is 4.98 Å². The normalized spacial score (nSPS) is 16.6. The zero-order valence-electron chi connectivity index (χ0n) is 21.4. The van der Waals surface area contributed by atoms with Crippen LogP contribution in [0.5, 0.6) is 17.2 Å². The van der Waals surface area contributed by atoms with E-state index < -0.39 is 29.5 Å². The Morgan fingerprint density at radius 1 is 1.11 bits per heavy atom. The van der Waals surface area contributed by atoms with E-state index in [0.717, 1.165) is 16.2 Å². The van der Waals surface area contributed by atoms with E-state index in [1.54, 1.807) is 39.0 Å². The Morgan fingerprint density at radius 2 is 1.84 bits per heavy atom. The molecule has 1 fully saturated rings. The Morgan fingerprint density at radius 3 is 2.47 bits per heavy atom. The van der Waals surface area contributed by atoms with Crippen molar-refractivity contribution in [2.24, 2.45) is 0 Å². The standard InChI is InChI=1S/C27H26N2O8S/c1-6-37-19-12-15(7-9-17(19)30)21-20(22(31)16-8-10-18(35-4)13(2)11-16)23(32)25(33)29(21)27-28-14(3)24(38-27)26(34)36-5/h7-12,21,30-31H,6H2,1-5H3/t21-/m0/s1. The van der Waals surface area contributed by atoms with Crippen LogP contribution in [0.3, 0.4) is 0 Å². The summed E-state index contributed by atoms with van der Waals surface area (Å²) in [5, 5.41) is 21.7. The largest absolute Gasteiger partial charge is 0.507 e. The number of aromatic nitrogens is 1. The molecule has 0 saturated carbocycles. The van der Waals surface area contributed by atoms with Crippen molar-refractivity contribution in [3.05, 3.63) is 69.2 Å². The molecule has 4 rings (SSSR count). The fraction of sp³-hybridized carbons (Fsp3) is 0.259. The van der Waals surface area contributed by atoms with Crippen molar-refractivity contribution in [1.29, 1.82) is 0 Å². The number of Topliss-reactive ketones (excluding diaryl/α,β-unsaturated/α-hetero) is 1. The summed E-state index contributed by atoms with van der Waals surface area (Å²) in [6.45, 7) is 5.38. The van der Waals surface area contributed by atoms with Crippen LogP contribution in [0.15, 0.2) is 42.0 Å². The van der Waals surface area contributed by atoms with Crippen LogP contribution in [-0.2, 0) is 14.3 Å². The number of esters is 1. The minimum Gasteiger partial charge on any atom is -0.507 e. The van der Waals surface area contributed by atoms with Crippen molar-refractivity contribution in [2.75, 3.05) is 25.7 Å². The number of methoxy groups -OCH3 is 2. The van der Waals surface area contributed by atoms with E-state index in [0.29, 0.717) is 28.1 Å². The SMILES string of the molecule is CCOc1cc([C@H]2C(=C(O)c3ccc(OC)c(C)c3)C(=O)C(=O)N2c2nc(C)c(C(=O)OC)s2)ccc1O. The molecule has 2 aromatic carbocycles. The third kappa shape index (κ3) is 4.56. The van der Waals surface area contributed by atoms with Gasteiger partial charge in [-0.05, 0) is 62.2 Å². The van der Waals surface area contributed by atoms with Crippen molar-refractivity contribution in [1.82, 2.24) is 4.98 Å². The number of benzene rings is 2. The number of carbonyl (C=O) groups excluding carboxylic acids is 3. The number of ether oxygens (including phenoxy) is 3. The molecule has 1 aliphatic heterocycles. The molecule has 3 aromatic rings. The maximum absolute atomic E-state index is 13.4. The van der Waals surface area contributed by atoms with Crippen molar-refractivity contribution in [3.8, 4) is 17.2 Å². The first-order chi connectivity index (χ1) is 18.1. The maximum atomic E-state index is 13.4. The molecule has 0 unspecified atom stereocenters. The van der Waals surface area contributed by atoms with Crippen molar-refractivity contribution < 1.29 is 38.8 Å². The Bertz CT molecular complexity index is 1480. The molecule has 1 amide bonds. The average molecular weight is 539 g/mol. The van der Waals surface area contributed by atoms with Gasteiger partial charge in [-0.3, -0.25) is 14.5 Å². The zero-order chi connectivity index (χ0) is 27.7. The number of nitrogens with zero attached hydrogens (tertiary/aromatic N) is 2. The van der Waals surface area contributed by atoms with Crippen LogP contribution in [0.2, 0.25) is 0 Å². The lowest BCUT2D eigenvalue weighted by Gasteiger charge is -2.23. The van der Waals surface area contributed by atoms with Crippen LogP contribution in [0.4, 0.5) is 5.13 Å². The number of phenolic OH excluding ortho intramolecular Hbond substituents is 1. The molecule has 1 saturated heterocycles. The molecule has 38 heavy (non-hydrogen) atoms. The summed E-state index contributed by atoms with van der Waals surface area (Å²) in [5.41, 5.74) is 1.54. The number of aliphatic hydroxyl groups excluding tert-OH is 1. The number of aromatic hydroxyl groups is 1. The van der Waals surface area contributed by atoms with E-state index in [9.17, 15) is 24.6 Å². The fourth-order valence-electron chi connectivity index (χ4n) is 4.27. The van der Waals surface area contributed by atoms with Crippen LogP contribution < -0.4 is 14.4 Å². The highest BCUT2D eigenvalue weighted by atomic mass is 32.1. The number of anilines is 1. The molecular formula is C27H26N2O8S. The van der Waals surface area contributed by atoms with Crippen LogP contribution in [0.1, 0.15) is 45.0 Å². The lowest BCUT2D eigenvalue weighted by molar-refractivity contribution is -0.132. The molecule has 2 heterocycles. The summed E-state index contributed by atoms with van der Waals surface area (Å²) in [6.07, 6.45) is 0. The van der Waals surface area contributed by atoms with Gasteiger partial charge in [-0.1, -0.05) is 17.4 Å². The average Bonchev–Trinajstić information content (AvgIpc) is 3.41. The van der Waals surface area contributed by atoms with Gasteiger partial charge in [-0.15, -0.1) is 0 Å². The molecule has 0 aliphatic carbocycles. The van der Waals surface area contributed by atoms with Gasteiger partial charge in [-0.2, -0.15) is 0 Å². The Balaban J connectivity index is 1.96. The second-order valence-electron chi connectivity index (χ2n) is 8.42. The van der Waals surface area contributed by atoms with Crippen LogP contribution in [0, 0.1) is 13.8 Å². The number of carbonyl (C=O) groups is 3. The summed E-state index contributed by atoms with van der Waals surface area (Å²) < 4.78 is 15.6. The lowest BCUT2D eigenvalue weighted by Crippen LogP contribution is -2.29. The second kappa shape index (κ2) is 10.5. The van der Waals surface area contributed by atoms with E-state index in [4.69, 9.17) is 14.2 Å². The summed E-state index contributed by atoms with van der Waals surface area (Å²) in [6, 6.07) is 8.14. The quantitative estimate of drug-likeness (QED) is 0.195. The van der Waals surface area contributed by atoms with Gasteiger partial charge in [0, 0.05) is 5.56 Å². The second-order valence-corrected chi connectivity index (χ2v) is 9.39. The summed E-state index contributed by atoms with van der Waals surface area (Å²) >= 11 is 0.894. The minimum absolute atomic E-state index is 0.0750. The van der Waals surface area contributed by atoms with Crippen LogP contribution in [-0.4, -0.2) is 53.7 Å². The van der Waals surface area contributed by atoms with Crippen molar-refractivity contribution in [3.63, 3.8) is 0 Å². The minimum atomic E-state index is -1.13. The van der Waals surface area contributed by atoms with E-state index >= 15 is 0 Å². The number of aryl methyl sites for hydroxylation is 2. The smallest absolute Gasteiger partial charge is 0.350 e. The summed E-state index contributed by atoms with van der Waals surface area (Å²) in [4.78, 5) is 44.8. The summed E-state index contributed by atoms with van der Waals surface area (Å²) in [7, 11) is 2.75. The number of phenols is 1. The Hall–Kier alpha value is -4.38. The third-order valence-corrected chi connectivity index (χ3v) is 7.21. The van der Waals surface area contributed by atoms with Crippen molar-refractivity contribution >= 4 is 39.9 Å². The van der Waals surface area contributed by atoms with Gasteiger partial charge in [-0.25, -0.2) is 9.78 Å². The molecule has 198 valence electrons. The lowest BCUT2D eigenvalue weighted by atomic mass is 9.94. The molecule has 11 heteroatoms. The van der Waals surface area contributed by atoms with Crippen LogP contribution in [0.25, 0.3) is 5.76 Å². The first kappa shape index (κ1) is 26.7. The highest BCUT2D eigenvalue weighted by molar-refractivity contribution is 7.17. The van der Waals surface area contributed by atoms with Gasteiger partial charge in [0.1, 0.15) is 16.4 Å². The van der Waals surface area contributed by atoms with Gasteiger partial charge < -0.3 is 24.4 Å². The fourth-order valence-corrected chi connectivity index (χ4v) is 5.28. The molecule has 1 aliphatic rings. The number of ketones is 1. The molecule has 10 nitrogen and oxygen atoms in total. The molecule has 0 bridgehead atoms. The van der Waals surface area contributed by atoms with E-state index in [1.807, 2.05) is 0 Å². The molecule has 0 radical (unpaired) electrons. The van der Waals surface area contributed by atoms with Crippen molar-refractivity contribution in [2.45, 2.75) is 26.8 Å². The van der Waals surface area contributed by atoms with E-state index in [-0.39, 0.29) is 33.7 Å². The Labute approximate surface area is 222 Å². The topological polar surface area (TPSA) is 135 Å². The van der Waals surface area contributed by atoms with E-state index in [1.165, 1.54) is 32.4 Å². The molecule has 1 aromatic heterocycles. The number of rotatable bonds is 7. The zero-order valence-corrected chi connectivity index (χ0v) is 22.2. The number of thiazole rings is 1. The highest BCUT2D eigenvalue weighted by Crippen LogP contribution is 2.45. The molecular weight excluding hydrogens is 512 g/mol. The number of amides is 1. The van der Waals surface area contributed by atoms with Gasteiger partial charge in [0.15, 0.2) is 16.6 Å². The number of hydrogen-bond acceptors (Lipinski definition) is 10. The molecule has 0 spiro atoms. The van der Waals surface area contributed by atoms with Crippen LogP contribution >= 0.6 is 11.3 Å². The highest BCUT2D eigenvalue weighted by Gasteiger charge is 2.48. The van der Waals surface area contributed by atoms with Gasteiger partial charge >= 0.3 is 11.9 Å². The molecule has 1 atom stereocenters. The van der Waals surface area contributed by atoms with Gasteiger partial charge in [0.25, 0.3) is 5.78 Å². The Kier molecular flexibility index (Phi) is 7.40. The first-order valence-electron chi connectivity index (χ1n) is 11.6. The maximum Gasteiger partial charge on any atom is 0.350 e. The predicted molar refractivity (Wildman–Crippen MR) is 140 cm³/mol. The molecule has 2 N–H and O–H groups in total. The third-order valence-electron chi connectivity index (χ3n) is 6.07. The summed E-state index contributed by atoms with van der Waals surface area (Å²) in [5.74, 6) is -2.28. The first-order valence-corrected chi connectivity index (χ1v) is 12.4. The number of aliphatic hydroxyl groups is 1. The predicted octanol–water partition coefficient (Wildman–Crippen LogP) is 4.29. The number of hydrogen-bond donors (Lipinski definition) is 2.